The SMILES string of the molecule is C[C@H](O)c1c(Cl)ncnc1Cl. The van der Waals surface area contributed by atoms with Crippen LogP contribution in [0.3, 0.4) is 0 Å². The van der Waals surface area contributed by atoms with Gasteiger partial charge in [0.15, 0.2) is 0 Å². The molecule has 0 aromatic carbocycles. The highest BCUT2D eigenvalue weighted by Crippen LogP contribution is 2.25. The Bertz CT molecular complexity index is 245. The third-order valence-corrected chi connectivity index (χ3v) is 1.81. The van der Waals surface area contributed by atoms with Gasteiger partial charge in [-0.2, -0.15) is 0 Å². The smallest absolute Gasteiger partial charge is 0.139 e. The number of nitrogens with zero attached hydrogens (tertiary/aromatic N) is 2. The molecule has 0 bridgehead atoms. The van der Waals surface area contributed by atoms with Gasteiger partial charge in [-0.15, -0.1) is 0 Å². The summed E-state index contributed by atoms with van der Waals surface area (Å²) in [7, 11) is 0. The van der Waals surface area contributed by atoms with Gasteiger partial charge in [-0.25, -0.2) is 9.97 Å². The Morgan fingerprint density at radius 1 is 1.36 bits per heavy atom. The molecule has 0 unspecified atom stereocenters. The van der Waals surface area contributed by atoms with Gasteiger partial charge in [0.2, 0.25) is 0 Å². The molecular formula is C6H6Cl2N2O. The highest BCUT2D eigenvalue weighted by Gasteiger charge is 2.12. The zero-order chi connectivity index (χ0) is 8.43. The van der Waals surface area contributed by atoms with Crippen LogP contribution in [0.25, 0.3) is 0 Å². The highest BCUT2D eigenvalue weighted by atomic mass is 35.5. The topological polar surface area (TPSA) is 46.0 Å². The van der Waals surface area contributed by atoms with E-state index in [1.165, 1.54) is 6.33 Å². The summed E-state index contributed by atoms with van der Waals surface area (Å²) in [6.45, 7) is 1.55. The Kier molecular flexibility index (Phi) is 2.65. The lowest BCUT2D eigenvalue weighted by Gasteiger charge is -2.06. The first-order valence-corrected chi connectivity index (χ1v) is 3.72. The third-order valence-electron chi connectivity index (χ3n) is 1.20. The molecule has 1 rings (SSSR count). The van der Waals surface area contributed by atoms with Gasteiger partial charge < -0.3 is 5.11 Å². The molecular weight excluding hydrogens is 187 g/mol. The predicted molar refractivity (Wildman–Crippen MR) is 42.7 cm³/mol. The summed E-state index contributed by atoms with van der Waals surface area (Å²) in [5.41, 5.74) is 0.371. The maximum absolute atomic E-state index is 9.14. The molecule has 0 amide bonds. The fraction of sp³-hybridized carbons (Fsp3) is 0.333. The Morgan fingerprint density at radius 3 is 2.09 bits per heavy atom. The summed E-state index contributed by atoms with van der Waals surface area (Å²) in [5, 5.41) is 9.53. The monoisotopic (exact) mass is 192 g/mol. The Labute approximate surface area is 74.0 Å². The van der Waals surface area contributed by atoms with Gasteiger partial charge in [0.25, 0.3) is 0 Å². The van der Waals surface area contributed by atoms with Crippen molar-refractivity contribution in [2.75, 3.05) is 0 Å². The van der Waals surface area contributed by atoms with Gasteiger partial charge in [-0.05, 0) is 6.92 Å². The maximum atomic E-state index is 9.14. The molecule has 0 aliphatic carbocycles. The van der Waals surface area contributed by atoms with E-state index in [0.29, 0.717) is 5.56 Å². The van der Waals surface area contributed by atoms with E-state index in [2.05, 4.69) is 9.97 Å². The first-order valence-electron chi connectivity index (χ1n) is 2.97. The number of hydrogen-bond donors (Lipinski definition) is 1. The minimum Gasteiger partial charge on any atom is -0.388 e. The van der Waals surface area contributed by atoms with Crippen molar-refractivity contribution in [1.82, 2.24) is 9.97 Å². The Morgan fingerprint density at radius 2 is 1.82 bits per heavy atom. The standard InChI is InChI=1S/C6H6Cl2N2O/c1-3(11)4-5(7)9-2-10-6(4)8/h2-3,11H,1H3/t3-/m0/s1. The number of halogens is 2. The van der Waals surface area contributed by atoms with E-state index in [0.717, 1.165) is 0 Å². The van der Waals surface area contributed by atoms with Crippen LogP contribution in [0, 0.1) is 0 Å². The van der Waals surface area contributed by atoms with Crippen molar-refractivity contribution in [3.63, 3.8) is 0 Å². The summed E-state index contributed by atoms with van der Waals surface area (Å²) >= 11 is 11.3. The summed E-state index contributed by atoms with van der Waals surface area (Å²) in [4.78, 5) is 7.34. The second-order valence-electron chi connectivity index (χ2n) is 2.04. The lowest BCUT2D eigenvalue weighted by atomic mass is 10.2. The summed E-state index contributed by atoms with van der Waals surface area (Å²) in [6, 6.07) is 0. The van der Waals surface area contributed by atoms with Crippen molar-refractivity contribution in [3.8, 4) is 0 Å². The highest BCUT2D eigenvalue weighted by molar-refractivity contribution is 6.34. The van der Waals surface area contributed by atoms with Gasteiger partial charge in [-0.3, -0.25) is 0 Å². The van der Waals surface area contributed by atoms with Gasteiger partial charge >= 0.3 is 0 Å². The van der Waals surface area contributed by atoms with Gasteiger partial charge in [0.1, 0.15) is 16.6 Å². The van der Waals surface area contributed by atoms with Gasteiger partial charge in [-0.1, -0.05) is 23.2 Å². The Hall–Kier alpha value is -0.380. The molecule has 1 N–H and O–H groups in total. The summed E-state index contributed by atoms with van der Waals surface area (Å²) < 4.78 is 0. The van der Waals surface area contributed by atoms with E-state index in [1.54, 1.807) is 6.92 Å². The average molecular weight is 193 g/mol. The number of aliphatic hydroxyl groups excluding tert-OH is 1. The van der Waals surface area contributed by atoms with Crippen LogP contribution in [-0.4, -0.2) is 15.1 Å². The summed E-state index contributed by atoms with van der Waals surface area (Å²) in [5.74, 6) is 0. The third kappa shape index (κ3) is 1.80. The zero-order valence-corrected chi connectivity index (χ0v) is 7.26. The molecule has 60 valence electrons. The van der Waals surface area contributed by atoms with E-state index < -0.39 is 6.10 Å². The first-order chi connectivity index (χ1) is 5.13. The summed E-state index contributed by atoms with van der Waals surface area (Å²) in [6.07, 6.45) is 0.507. The second-order valence-corrected chi connectivity index (χ2v) is 2.76. The Balaban J connectivity index is 3.21. The molecule has 11 heavy (non-hydrogen) atoms. The molecule has 0 aliphatic rings. The van der Waals surface area contributed by atoms with Crippen LogP contribution in [-0.2, 0) is 0 Å². The quantitative estimate of drug-likeness (QED) is 0.692. The lowest BCUT2D eigenvalue weighted by Crippen LogP contribution is -1.97. The fourth-order valence-corrected chi connectivity index (χ4v) is 1.33. The van der Waals surface area contributed by atoms with Gasteiger partial charge in [0, 0.05) is 0 Å². The fourth-order valence-electron chi connectivity index (χ4n) is 0.699. The minimum absolute atomic E-state index is 0.194. The molecule has 0 spiro atoms. The molecule has 1 aromatic rings. The van der Waals surface area contributed by atoms with Crippen LogP contribution in [0.15, 0.2) is 6.33 Å². The van der Waals surface area contributed by atoms with Crippen LogP contribution in [0.2, 0.25) is 10.3 Å². The predicted octanol–water partition coefficient (Wildman–Crippen LogP) is 1.84. The molecule has 0 radical (unpaired) electrons. The lowest BCUT2D eigenvalue weighted by molar-refractivity contribution is 0.198. The van der Waals surface area contributed by atoms with E-state index in [-0.39, 0.29) is 10.3 Å². The number of aliphatic hydroxyl groups is 1. The van der Waals surface area contributed by atoms with Crippen LogP contribution in [0.1, 0.15) is 18.6 Å². The zero-order valence-electron chi connectivity index (χ0n) is 5.75. The molecule has 0 saturated carbocycles. The normalized spacial score (nSPS) is 13.1. The average Bonchev–Trinajstić information content (AvgIpc) is 1.85. The molecule has 1 heterocycles. The maximum Gasteiger partial charge on any atom is 0.139 e. The number of rotatable bonds is 1. The van der Waals surface area contributed by atoms with Gasteiger partial charge in [0.05, 0.1) is 11.7 Å². The van der Waals surface area contributed by atoms with Crippen LogP contribution in [0.5, 0.6) is 0 Å². The number of aromatic nitrogens is 2. The van der Waals surface area contributed by atoms with E-state index in [9.17, 15) is 0 Å². The van der Waals surface area contributed by atoms with Crippen LogP contribution in [0.4, 0.5) is 0 Å². The number of hydrogen-bond acceptors (Lipinski definition) is 3. The molecule has 0 aliphatic heterocycles. The molecule has 0 fully saturated rings. The first kappa shape index (κ1) is 8.71. The molecule has 1 aromatic heterocycles. The van der Waals surface area contributed by atoms with Crippen molar-refractivity contribution >= 4 is 23.2 Å². The second kappa shape index (κ2) is 3.34. The largest absolute Gasteiger partial charge is 0.388 e. The van der Waals surface area contributed by atoms with Crippen LogP contribution >= 0.6 is 23.2 Å². The molecule has 0 saturated heterocycles. The van der Waals surface area contributed by atoms with Crippen LogP contribution < -0.4 is 0 Å². The molecule has 1 atom stereocenters. The molecule has 5 heteroatoms. The van der Waals surface area contributed by atoms with Crippen molar-refractivity contribution in [1.29, 1.82) is 0 Å². The van der Waals surface area contributed by atoms with Crippen molar-refractivity contribution in [2.24, 2.45) is 0 Å². The molecule has 3 nitrogen and oxygen atoms in total. The van der Waals surface area contributed by atoms with E-state index in [1.807, 2.05) is 0 Å². The van der Waals surface area contributed by atoms with E-state index >= 15 is 0 Å². The van der Waals surface area contributed by atoms with Crippen molar-refractivity contribution < 1.29 is 5.11 Å². The minimum atomic E-state index is -0.740. The van der Waals surface area contributed by atoms with Crippen molar-refractivity contribution in [2.45, 2.75) is 13.0 Å². The van der Waals surface area contributed by atoms with E-state index in [4.69, 9.17) is 28.3 Å². The van der Waals surface area contributed by atoms with Crippen molar-refractivity contribution in [3.05, 3.63) is 22.2 Å².